The number of anilines is 3. The molecule has 4 aromatic heterocycles. The van der Waals surface area contributed by atoms with E-state index in [2.05, 4.69) is 30.5 Å². The fraction of sp³-hybridized carbons (Fsp3) is 0.370. The van der Waals surface area contributed by atoms with Gasteiger partial charge in [0.1, 0.15) is 11.6 Å². The quantitative estimate of drug-likeness (QED) is 0.414. The van der Waals surface area contributed by atoms with Gasteiger partial charge in [0.05, 0.1) is 11.7 Å². The van der Waals surface area contributed by atoms with E-state index < -0.39 is 0 Å². The Kier molecular flexibility index (Phi) is 5.23. The molecule has 3 fully saturated rings. The van der Waals surface area contributed by atoms with Gasteiger partial charge in [0.25, 0.3) is 0 Å². The lowest BCUT2D eigenvalue weighted by Crippen LogP contribution is -2.44. The molecule has 0 bridgehead atoms. The standard InChI is InChI=1S/C27H27FN8/c28-21-11-19(16-1-2-16)13-32-26(21)34-23-12-18(5-6-31-23)25-33-22-15-30-14-20(17-3-4-17)24(22)27(35-25)36-9-7-29-8-10-36/h5-6,11-17,29H,1-4,7-10H2,(H,31,32,34). The highest BCUT2D eigenvalue weighted by molar-refractivity contribution is 5.94. The first-order valence-corrected chi connectivity index (χ1v) is 12.7. The molecule has 0 radical (unpaired) electrons. The number of nitrogens with one attached hydrogen (secondary N) is 2. The van der Waals surface area contributed by atoms with Crippen molar-refractivity contribution in [3.63, 3.8) is 0 Å². The fourth-order valence-corrected chi connectivity index (χ4v) is 4.97. The summed E-state index contributed by atoms with van der Waals surface area (Å²) in [5, 5.41) is 7.58. The highest BCUT2D eigenvalue weighted by Crippen LogP contribution is 2.45. The van der Waals surface area contributed by atoms with E-state index >= 15 is 0 Å². The zero-order chi connectivity index (χ0) is 24.1. The number of hydrogen-bond acceptors (Lipinski definition) is 8. The van der Waals surface area contributed by atoms with E-state index in [9.17, 15) is 4.39 Å². The first-order valence-electron chi connectivity index (χ1n) is 12.7. The maximum atomic E-state index is 14.7. The van der Waals surface area contributed by atoms with Crippen molar-refractivity contribution in [1.82, 2.24) is 30.2 Å². The molecule has 0 amide bonds. The molecule has 0 unspecified atom stereocenters. The molecule has 8 nitrogen and oxygen atoms in total. The molecule has 2 N–H and O–H groups in total. The van der Waals surface area contributed by atoms with Crippen LogP contribution in [0.15, 0.2) is 43.0 Å². The van der Waals surface area contributed by atoms with Crippen LogP contribution in [0.4, 0.5) is 21.8 Å². The van der Waals surface area contributed by atoms with Crippen molar-refractivity contribution in [2.75, 3.05) is 36.4 Å². The minimum Gasteiger partial charge on any atom is -0.353 e. The molecule has 5 heterocycles. The van der Waals surface area contributed by atoms with Crippen LogP contribution in [0.1, 0.15) is 48.6 Å². The zero-order valence-electron chi connectivity index (χ0n) is 19.9. The second kappa shape index (κ2) is 8.74. The van der Waals surface area contributed by atoms with Gasteiger partial charge in [0.2, 0.25) is 0 Å². The van der Waals surface area contributed by atoms with E-state index in [0.717, 1.165) is 66.9 Å². The normalized spacial score (nSPS) is 18.0. The smallest absolute Gasteiger partial charge is 0.167 e. The van der Waals surface area contributed by atoms with Gasteiger partial charge in [-0.3, -0.25) is 4.98 Å². The van der Waals surface area contributed by atoms with E-state index in [0.29, 0.717) is 23.5 Å². The van der Waals surface area contributed by atoms with Crippen LogP contribution in [0.2, 0.25) is 0 Å². The summed E-state index contributed by atoms with van der Waals surface area (Å²) in [6.07, 6.45) is 11.9. The number of hydrogen-bond donors (Lipinski definition) is 2. The van der Waals surface area contributed by atoms with E-state index in [1.807, 2.05) is 24.5 Å². The SMILES string of the molecule is Fc1cc(C2CC2)cnc1Nc1cc(-c2nc(N3CCNCC3)c3c(C4CC4)cncc3n2)ccn1. The van der Waals surface area contributed by atoms with Gasteiger partial charge < -0.3 is 15.5 Å². The molecule has 1 saturated heterocycles. The number of rotatable bonds is 6. The first kappa shape index (κ1) is 21.6. The summed E-state index contributed by atoms with van der Waals surface area (Å²) >= 11 is 0. The van der Waals surface area contributed by atoms with E-state index in [-0.39, 0.29) is 11.6 Å². The number of pyridine rings is 3. The molecule has 2 saturated carbocycles. The summed E-state index contributed by atoms with van der Waals surface area (Å²) in [6, 6.07) is 5.30. The van der Waals surface area contributed by atoms with Crippen LogP contribution in [0.5, 0.6) is 0 Å². The minimum absolute atomic E-state index is 0.170. The van der Waals surface area contributed by atoms with Crippen molar-refractivity contribution in [3.05, 3.63) is 59.9 Å². The van der Waals surface area contributed by atoms with Gasteiger partial charge in [-0.2, -0.15) is 0 Å². The molecular formula is C27H27FN8. The Bertz CT molecular complexity index is 1440. The molecule has 1 aliphatic heterocycles. The van der Waals surface area contributed by atoms with Gasteiger partial charge in [-0.05, 0) is 66.8 Å². The van der Waals surface area contributed by atoms with Crippen LogP contribution in [0.25, 0.3) is 22.3 Å². The van der Waals surface area contributed by atoms with Crippen molar-refractivity contribution in [2.45, 2.75) is 37.5 Å². The summed E-state index contributed by atoms with van der Waals surface area (Å²) in [6.45, 7) is 3.63. The Labute approximate surface area is 208 Å². The third-order valence-electron chi connectivity index (χ3n) is 7.23. The predicted molar refractivity (Wildman–Crippen MR) is 137 cm³/mol. The summed E-state index contributed by atoms with van der Waals surface area (Å²) in [5.74, 6) is 2.87. The van der Waals surface area contributed by atoms with E-state index in [1.54, 1.807) is 18.5 Å². The molecule has 0 spiro atoms. The molecule has 36 heavy (non-hydrogen) atoms. The van der Waals surface area contributed by atoms with Crippen molar-refractivity contribution in [2.24, 2.45) is 0 Å². The molecule has 7 rings (SSSR count). The van der Waals surface area contributed by atoms with Gasteiger partial charge in [-0.15, -0.1) is 0 Å². The van der Waals surface area contributed by atoms with E-state index in [4.69, 9.17) is 9.97 Å². The third-order valence-corrected chi connectivity index (χ3v) is 7.23. The van der Waals surface area contributed by atoms with Crippen molar-refractivity contribution >= 4 is 28.4 Å². The molecule has 2 aliphatic carbocycles. The summed E-state index contributed by atoms with van der Waals surface area (Å²) < 4.78 is 14.7. The second-order valence-electron chi connectivity index (χ2n) is 9.93. The lowest BCUT2D eigenvalue weighted by Gasteiger charge is -2.30. The number of piperazine rings is 1. The fourth-order valence-electron chi connectivity index (χ4n) is 4.97. The van der Waals surface area contributed by atoms with E-state index in [1.165, 1.54) is 18.4 Å². The zero-order valence-corrected chi connectivity index (χ0v) is 19.9. The molecule has 182 valence electrons. The Balaban J connectivity index is 1.27. The Morgan fingerprint density at radius 2 is 1.78 bits per heavy atom. The monoisotopic (exact) mass is 482 g/mol. The number of aromatic nitrogens is 5. The van der Waals surface area contributed by atoms with Crippen LogP contribution in [0.3, 0.4) is 0 Å². The topological polar surface area (TPSA) is 91.8 Å². The van der Waals surface area contributed by atoms with Crippen molar-refractivity contribution < 1.29 is 4.39 Å². The molecule has 0 atom stereocenters. The average Bonchev–Trinajstić information content (AvgIpc) is 3.83. The molecule has 0 aromatic carbocycles. The van der Waals surface area contributed by atoms with Crippen molar-refractivity contribution in [1.29, 1.82) is 0 Å². The maximum absolute atomic E-state index is 14.7. The largest absolute Gasteiger partial charge is 0.353 e. The predicted octanol–water partition coefficient (Wildman–Crippen LogP) is 4.53. The van der Waals surface area contributed by atoms with Gasteiger partial charge in [-0.25, -0.2) is 24.3 Å². The van der Waals surface area contributed by atoms with Crippen LogP contribution in [-0.2, 0) is 0 Å². The summed E-state index contributed by atoms with van der Waals surface area (Å²) in [4.78, 5) is 25.5. The Hall–Kier alpha value is -3.72. The van der Waals surface area contributed by atoms with Crippen LogP contribution in [0, 0.1) is 5.82 Å². The molecule has 4 aromatic rings. The second-order valence-corrected chi connectivity index (χ2v) is 9.93. The van der Waals surface area contributed by atoms with Crippen LogP contribution >= 0.6 is 0 Å². The van der Waals surface area contributed by atoms with Gasteiger partial charge in [0, 0.05) is 55.7 Å². The third kappa shape index (κ3) is 4.13. The van der Waals surface area contributed by atoms with Gasteiger partial charge >= 0.3 is 0 Å². The van der Waals surface area contributed by atoms with Crippen LogP contribution < -0.4 is 15.5 Å². The maximum Gasteiger partial charge on any atom is 0.167 e. The Morgan fingerprint density at radius 3 is 2.56 bits per heavy atom. The molecular weight excluding hydrogens is 455 g/mol. The summed E-state index contributed by atoms with van der Waals surface area (Å²) in [5.41, 5.74) is 3.87. The lowest BCUT2D eigenvalue weighted by atomic mass is 10.1. The lowest BCUT2D eigenvalue weighted by molar-refractivity contribution is 0.586. The van der Waals surface area contributed by atoms with Gasteiger partial charge in [0.15, 0.2) is 17.5 Å². The average molecular weight is 483 g/mol. The number of fused-ring (bicyclic) bond motifs is 1. The van der Waals surface area contributed by atoms with Crippen molar-refractivity contribution in [3.8, 4) is 11.4 Å². The molecule has 9 heteroatoms. The molecule has 3 aliphatic rings. The van der Waals surface area contributed by atoms with Gasteiger partial charge in [-0.1, -0.05) is 0 Å². The first-order chi connectivity index (χ1) is 17.7. The highest BCUT2D eigenvalue weighted by atomic mass is 19.1. The van der Waals surface area contributed by atoms with Crippen LogP contribution in [-0.4, -0.2) is 51.1 Å². The number of halogens is 1. The number of nitrogens with zero attached hydrogens (tertiary/aromatic N) is 6. The highest BCUT2D eigenvalue weighted by Gasteiger charge is 2.29. The Morgan fingerprint density at radius 1 is 0.944 bits per heavy atom. The summed E-state index contributed by atoms with van der Waals surface area (Å²) in [7, 11) is 0. The minimum atomic E-state index is -0.367.